The van der Waals surface area contributed by atoms with E-state index in [-0.39, 0.29) is 12.0 Å². The Morgan fingerprint density at radius 1 is 1.46 bits per heavy atom. The largest absolute Gasteiger partial charge is 0.374 e. The second kappa shape index (κ2) is 7.46. The molecule has 0 aromatic carbocycles. The first-order valence-electron chi connectivity index (χ1n) is 8.23. The maximum atomic E-state index is 12.4. The van der Waals surface area contributed by atoms with E-state index in [4.69, 9.17) is 4.74 Å². The van der Waals surface area contributed by atoms with Gasteiger partial charge < -0.3 is 10.1 Å². The molecule has 6 nitrogen and oxygen atoms in total. The minimum absolute atomic E-state index is 0.123. The molecular formula is C17H24N4O2S. The number of hydrogen-bond donors (Lipinski definition) is 1. The molecule has 0 spiro atoms. The Kier molecular flexibility index (Phi) is 5.33. The predicted octanol–water partition coefficient (Wildman–Crippen LogP) is 2.29. The molecule has 130 valence electrons. The predicted molar refractivity (Wildman–Crippen MR) is 94.2 cm³/mol. The van der Waals surface area contributed by atoms with E-state index in [0.29, 0.717) is 18.3 Å². The highest BCUT2D eigenvalue weighted by atomic mass is 32.1. The molecular weight excluding hydrogens is 324 g/mol. The number of fused-ring (bicyclic) bond motifs is 1. The van der Waals surface area contributed by atoms with E-state index in [0.717, 1.165) is 30.2 Å². The van der Waals surface area contributed by atoms with Gasteiger partial charge in [0.1, 0.15) is 11.8 Å². The highest BCUT2D eigenvalue weighted by Crippen LogP contribution is 2.21. The molecule has 0 radical (unpaired) electrons. The molecule has 3 heterocycles. The molecule has 1 N–H and O–H groups in total. The lowest BCUT2D eigenvalue weighted by Gasteiger charge is -2.30. The molecule has 1 aliphatic rings. The molecule has 0 bridgehead atoms. The summed E-state index contributed by atoms with van der Waals surface area (Å²) in [7, 11) is 1.66. The molecule has 3 rings (SSSR count). The van der Waals surface area contributed by atoms with Gasteiger partial charge in [-0.2, -0.15) is 5.10 Å². The zero-order valence-corrected chi connectivity index (χ0v) is 15.2. The molecule has 7 heteroatoms. The lowest BCUT2D eigenvalue weighted by molar-refractivity contribution is 0.0833. The van der Waals surface area contributed by atoms with Crippen LogP contribution in [0.15, 0.2) is 23.6 Å². The molecule has 1 amide bonds. The van der Waals surface area contributed by atoms with E-state index in [1.165, 1.54) is 0 Å². The summed E-state index contributed by atoms with van der Waals surface area (Å²) in [6, 6.07) is 6.40. The van der Waals surface area contributed by atoms with Crippen molar-refractivity contribution in [1.29, 1.82) is 0 Å². The molecule has 0 saturated carbocycles. The zero-order chi connectivity index (χ0) is 17.1. The van der Waals surface area contributed by atoms with Gasteiger partial charge in [-0.1, -0.05) is 6.07 Å². The van der Waals surface area contributed by atoms with Crippen LogP contribution < -0.4 is 5.32 Å². The van der Waals surface area contributed by atoms with Gasteiger partial charge >= 0.3 is 0 Å². The molecule has 1 aliphatic heterocycles. The molecule has 2 aromatic heterocycles. The fourth-order valence-electron chi connectivity index (χ4n) is 2.89. The van der Waals surface area contributed by atoms with Crippen LogP contribution >= 0.6 is 11.3 Å². The van der Waals surface area contributed by atoms with Gasteiger partial charge in [0.2, 0.25) is 0 Å². The number of carbonyl (C=O) groups is 1. The molecule has 0 aliphatic carbocycles. The van der Waals surface area contributed by atoms with Crippen LogP contribution in [0.25, 0.3) is 0 Å². The van der Waals surface area contributed by atoms with Gasteiger partial charge in [0.05, 0.1) is 12.2 Å². The molecule has 0 fully saturated rings. The number of ether oxygens (including phenoxy) is 1. The lowest BCUT2D eigenvalue weighted by atomic mass is 10.2. The first-order valence-corrected chi connectivity index (χ1v) is 9.11. The second-order valence-electron chi connectivity index (χ2n) is 6.26. The fraction of sp³-hybridized carbons (Fsp3) is 0.529. The Bertz CT molecular complexity index is 681. The smallest absolute Gasteiger partial charge is 0.271 e. The number of nitrogens with one attached hydrogen (secondary N) is 1. The van der Waals surface area contributed by atoms with E-state index in [1.807, 2.05) is 28.3 Å². The van der Waals surface area contributed by atoms with Crippen molar-refractivity contribution >= 4 is 17.2 Å². The number of methoxy groups -OCH3 is 1. The van der Waals surface area contributed by atoms with Gasteiger partial charge in [0.25, 0.3) is 5.91 Å². The Labute approximate surface area is 146 Å². The van der Waals surface area contributed by atoms with Gasteiger partial charge in [-0.25, -0.2) is 0 Å². The monoisotopic (exact) mass is 348 g/mol. The lowest BCUT2D eigenvalue weighted by Crippen LogP contribution is -2.38. The molecule has 24 heavy (non-hydrogen) atoms. The zero-order valence-electron chi connectivity index (χ0n) is 14.4. The summed E-state index contributed by atoms with van der Waals surface area (Å²) >= 11 is 1.63. The minimum atomic E-state index is -0.147. The second-order valence-corrected chi connectivity index (χ2v) is 7.24. The Hall–Kier alpha value is -1.70. The third-order valence-electron chi connectivity index (χ3n) is 4.38. The average Bonchev–Trinajstić information content (AvgIpc) is 3.24. The first kappa shape index (κ1) is 17.1. The van der Waals surface area contributed by atoms with Crippen molar-refractivity contribution < 1.29 is 9.53 Å². The standard InChI is InChI=1S/C17H24N4O2S/c1-12(2)20-6-7-21-13(11-20)9-14(19-21)17(22)18-10-15(23-3)16-5-4-8-24-16/h4-5,8-9,12,15H,6-7,10-11H2,1-3H3,(H,18,22)/t15-/m0/s1. The third-order valence-corrected chi connectivity index (χ3v) is 5.35. The van der Waals surface area contributed by atoms with Crippen molar-refractivity contribution in [1.82, 2.24) is 20.0 Å². The summed E-state index contributed by atoms with van der Waals surface area (Å²) in [5.41, 5.74) is 1.58. The maximum absolute atomic E-state index is 12.4. The number of rotatable bonds is 6. The molecule has 0 saturated heterocycles. The Balaban J connectivity index is 1.62. The van der Waals surface area contributed by atoms with Crippen LogP contribution in [0, 0.1) is 0 Å². The highest BCUT2D eigenvalue weighted by molar-refractivity contribution is 7.10. The van der Waals surface area contributed by atoms with Crippen molar-refractivity contribution in [3.8, 4) is 0 Å². The van der Waals surface area contributed by atoms with Crippen LogP contribution in [0.1, 0.15) is 41.0 Å². The van der Waals surface area contributed by atoms with Crippen LogP contribution in [-0.4, -0.2) is 46.8 Å². The number of aromatic nitrogens is 2. The van der Waals surface area contributed by atoms with Crippen molar-refractivity contribution in [3.63, 3.8) is 0 Å². The summed E-state index contributed by atoms with van der Waals surface area (Å²) in [4.78, 5) is 15.9. The number of thiophene rings is 1. The molecule has 0 unspecified atom stereocenters. The van der Waals surface area contributed by atoms with E-state index in [1.54, 1.807) is 18.4 Å². The highest BCUT2D eigenvalue weighted by Gasteiger charge is 2.22. The average molecular weight is 348 g/mol. The number of amides is 1. The SMILES string of the molecule is CO[C@@H](CNC(=O)c1cc2n(n1)CCN(C(C)C)C2)c1cccs1. The van der Waals surface area contributed by atoms with Crippen LogP contribution in [0.4, 0.5) is 0 Å². The third kappa shape index (κ3) is 3.68. The Morgan fingerprint density at radius 2 is 2.29 bits per heavy atom. The summed E-state index contributed by atoms with van der Waals surface area (Å²) in [6.45, 7) is 7.46. The van der Waals surface area contributed by atoms with E-state index in [9.17, 15) is 4.79 Å². The van der Waals surface area contributed by atoms with Crippen molar-refractivity contribution in [2.75, 3.05) is 20.2 Å². The number of nitrogens with zero attached hydrogens (tertiary/aromatic N) is 3. The van der Waals surface area contributed by atoms with Gasteiger partial charge in [-0.05, 0) is 31.4 Å². The Morgan fingerprint density at radius 3 is 2.96 bits per heavy atom. The number of hydrogen-bond acceptors (Lipinski definition) is 5. The quantitative estimate of drug-likeness (QED) is 0.870. The van der Waals surface area contributed by atoms with Crippen LogP contribution in [0.2, 0.25) is 0 Å². The molecule has 1 atom stereocenters. The summed E-state index contributed by atoms with van der Waals surface area (Å²) in [5, 5.41) is 9.39. The van der Waals surface area contributed by atoms with E-state index in [2.05, 4.69) is 29.2 Å². The van der Waals surface area contributed by atoms with Gasteiger partial charge in [-0.15, -0.1) is 11.3 Å². The van der Waals surface area contributed by atoms with Crippen LogP contribution in [-0.2, 0) is 17.8 Å². The maximum Gasteiger partial charge on any atom is 0.271 e. The first-order chi connectivity index (χ1) is 11.6. The van der Waals surface area contributed by atoms with Crippen molar-refractivity contribution in [3.05, 3.63) is 39.8 Å². The van der Waals surface area contributed by atoms with E-state index < -0.39 is 0 Å². The van der Waals surface area contributed by atoms with E-state index >= 15 is 0 Å². The number of carbonyl (C=O) groups excluding carboxylic acids is 1. The van der Waals surface area contributed by atoms with Crippen LogP contribution in [0.5, 0.6) is 0 Å². The van der Waals surface area contributed by atoms with Crippen molar-refractivity contribution in [2.24, 2.45) is 0 Å². The summed E-state index contributed by atoms with van der Waals surface area (Å²) in [5.74, 6) is -0.147. The summed E-state index contributed by atoms with van der Waals surface area (Å²) in [6.07, 6.45) is -0.123. The van der Waals surface area contributed by atoms with Crippen LogP contribution in [0.3, 0.4) is 0 Å². The van der Waals surface area contributed by atoms with Gasteiger partial charge in [0, 0.05) is 37.7 Å². The van der Waals surface area contributed by atoms with Gasteiger partial charge in [-0.3, -0.25) is 14.4 Å². The normalized spacial score (nSPS) is 16.2. The molecule has 2 aromatic rings. The minimum Gasteiger partial charge on any atom is -0.374 e. The summed E-state index contributed by atoms with van der Waals surface area (Å²) < 4.78 is 7.41. The fourth-order valence-corrected chi connectivity index (χ4v) is 3.69. The topological polar surface area (TPSA) is 59.4 Å². The van der Waals surface area contributed by atoms with Gasteiger partial charge in [0.15, 0.2) is 0 Å². The van der Waals surface area contributed by atoms with Crippen molar-refractivity contribution in [2.45, 2.75) is 39.1 Å².